The lowest BCUT2D eigenvalue weighted by atomic mass is 9.99. The van der Waals surface area contributed by atoms with Gasteiger partial charge in [0, 0.05) is 32.3 Å². The molecule has 1 fully saturated rings. The van der Waals surface area contributed by atoms with E-state index in [9.17, 15) is 0 Å². The molecule has 2 unspecified atom stereocenters. The zero-order valence-electron chi connectivity index (χ0n) is 10.3. The summed E-state index contributed by atoms with van der Waals surface area (Å²) in [5.74, 6) is 1.50. The molecule has 0 radical (unpaired) electrons. The summed E-state index contributed by atoms with van der Waals surface area (Å²) in [6, 6.07) is 0.293. The average Bonchev–Trinajstić information content (AvgIpc) is 2.65. The van der Waals surface area contributed by atoms with Crippen molar-refractivity contribution in [2.24, 2.45) is 17.6 Å². The molecule has 1 heterocycles. The maximum atomic E-state index is 5.86. The average molecular weight is 224 g/mol. The smallest absolute Gasteiger partial charge is 0.0469 e. The third kappa shape index (κ3) is 3.58. The lowest BCUT2D eigenvalue weighted by molar-refractivity contribution is 0.0547. The Hall–Kier alpha value is -0.380. The van der Waals surface area contributed by atoms with Gasteiger partial charge < -0.3 is 15.4 Å². The van der Waals surface area contributed by atoms with Crippen molar-refractivity contribution >= 4 is 0 Å². The molecule has 0 aromatic heterocycles. The van der Waals surface area contributed by atoms with Crippen LogP contribution in [0.4, 0.5) is 0 Å². The van der Waals surface area contributed by atoms with Crippen LogP contribution in [0.5, 0.6) is 0 Å². The predicted octanol–water partition coefficient (Wildman–Crippen LogP) is 1.25. The maximum absolute atomic E-state index is 5.86. The van der Waals surface area contributed by atoms with Crippen LogP contribution in [-0.4, -0.2) is 44.3 Å². The van der Waals surface area contributed by atoms with Crippen LogP contribution in [0.1, 0.15) is 19.3 Å². The standard InChI is InChI=1S/C13H24N2O/c1-15(9-11-4-6-16-7-5-11)10-12-2-3-13(14)8-12/h2-3,11-13H,4-10,14H2,1H3. The van der Waals surface area contributed by atoms with Crippen molar-refractivity contribution in [3.8, 4) is 0 Å². The summed E-state index contributed by atoms with van der Waals surface area (Å²) in [6.45, 7) is 4.27. The monoisotopic (exact) mass is 224 g/mol. The molecular formula is C13H24N2O. The molecule has 0 aromatic carbocycles. The fourth-order valence-electron chi connectivity index (χ4n) is 2.79. The van der Waals surface area contributed by atoms with E-state index < -0.39 is 0 Å². The second-order valence-electron chi connectivity index (χ2n) is 5.32. The summed E-state index contributed by atoms with van der Waals surface area (Å²) in [4.78, 5) is 2.46. The Morgan fingerprint density at radius 2 is 2.00 bits per heavy atom. The minimum absolute atomic E-state index is 0.293. The van der Waals surface area contributed by atoms with Crippen LogP contribution in [0, 0.1) is 11.8 Å². The molecule has 1 aliphatic heterocycles. The highest BCUT2D eigenvalue weighted by atomic mass is 16.5. The molecular weight excluding hydrogens is 200 g/mol. The van der Waals surface area contributed by atoms with E-state index in [1.807, 2.05) is 0 Å². The third-order valence-corrected chi connectivity index (χ3v) is 3.66. The molecule has 2 aliphatic rings. The van der Waals surface area contributed by atoms with Gasteiger partial charge in [0.05, 0.1) is 0 Å². The Labute approximate surface area is 98.6 Å². The van der Waals surface area contributed by atoms with Gasteiger partial charge in [0.1, 0.15) is 0 Å². The van der Waals surface area contributed by atoms with Crippen molar-refractivity contribution in [3.63, 3.8) is 0 Å². The Bertz CT molecular complexity index is 236. The summed E-state index contributed by atoms with van der Waals surface area (Å²) in [6.07, 6.45) is 8.00. The minimum atomic E-state index is 0.293. The van der Waals surface area contributed by atoms with Crippen LogP contribution in [0.25, 0.3) is 0 Å². The van der Waals surface area contributed by atoms with E-state index in [0.717, 1.165) is 32.1 Å². The first-order valence-corrected chi connectivity index (χ1v) is 6.44. The number of hydrogen-bond donors (Lipinski definition) is 1. The van der Waals surface area contributed by atoms with Crippen LogP contribution in [-0.2, 0) is 4.74 Å². The van der Waals surface area contributed by atoms with Crippen molar-refractivity contribution in [2.75, 3.05) is 33.4 Å². The topological polar surface area (TPSA) is 38.5 Å². The SMILES string of the molecule is CN(CC1C=CC(N)C1)CC1CCOCC1. The summed E-state index contributed by atoms with van der Waals surface area (Å²) in [7, 11) is 2.23. The Morgan fingerprint density at radius 3 is 2.62 bits per heavy atom. The zero-order valence-corrected chi connectivity index (χ0v) is 10.3. The molecule has 0 spiro atoms. The fourth-order valence-corrected chi connectivity index (χ4v) is 2.79. The van der Waals surface area contributed by atoms with Crippen LogP contribution >= 0.6 is 0 Å². The third-order valence-electron chi connectivity index (χ3n) is 3.66. The molecule has 2 atom stereocenters. The van der Waals surface area contributed by atoms with Gasteiger partial charge in [-0.05, 0) is 38.1 Å². The number of ether oxygens (including phenoxy) is 1. The number of nitrogens with zero attached hydrogens (tertiary/aromatic N) is 1. The fraction of sp³-hybridized carbons (Fsp3) is 0.846. The van der Waals surface area contributed by atoms with Crippen LogP contribution in [0.2, 0.25) is 0 Å². The van der Waals surface area contributed by atoms with Gasteiger partial charge in [-0.2, -0.15) is 0 Å². The normalized spacial score (nSPS) is 31.4. The minimum Gasteiger partial charge on any atom is -0.381 e. The Kier molecular flexibility index (Phi) is 4.38. The number of rotatable bonds is 4. The summed E-state index contributed by atoms with van der Waals surface area (Å²) >= 11 is 0. The van der Waals surface area contributed by atoms with E-state index in [-0.39, 0.29) is 0 Å². The van der Waals surface area contributed by atoms with Gasteiger partial charge in [-0.3, -0.25) is 0 Å². The van der Waals surface area contributed by atoms with Gasteiger partial charge in [-0.1, -0.05) is 12.2 Å². The first-order chi connectivity index (χ1) is 7.74. The second kappa shape index (κ2) is 5.80. The molecule has 1 aliphatic carbocycles. The van der Waals surface area contributed by atoms with Gasteiger partial charge in [-0.25, -0.2) is 0 Å². The maximum Gasteiger partial charge on any atom is 0.0469 e. The van der Waals surface area contributed by atoms with Crippen molar-refractivity contribution in [1.82, 2.24) is 4.90 Å². The van der Waals surface area contributed by atoms with Crippen molar-refractivity contribution in [1.29, 1.82) is 0 Å². The molecule has 0 aromatic rings. The van der Waals surface area contributed by atoms with Crippen molar-refractivity contribution in [2.45, 2.75) is 25.3 Å². The molecule has 0 saturated carbocycles. The molecule has 92 valence electrons. The molecule has 2 rings (SSSR count). The number of nitrogens with two attached hydrogens (primary N) is 1. The first kappa shape index (κ1) is 12.1. The molecule has 1 saturated heterocycles. The number of hydrogen-bond acceptors (Lipinski definition) is 3. The molecule has 3 nitrogen and oxygen atoms in total. The highest BCUT2D eigenvalue weighted by Gasteiger charge is 2.20. The summed E-state index contributed by atoms with van der Waals surface area (Å²) < 4.78 is 5.38. The van der Waals surface area contributed by atoms with Gasteiger partial charge in [0.2, 0.25) is 0 Å². The molecule has 3 heteroatoms. The molecule has 16 heavy (non-hydrogen) atoms. The van der Waals surface area contributed by atoms with Crippen molar-refractivity contribution in [3.05, 3.63) is 12.2 Å². The van der Waals surface area contributed by atoms with E-state index in [1.54, 1.807) is 0 Å². The van der Waals surface area contributed by atoms with Gasteiger partial charge in [-0.15, -0.1) is 0 Å². The van der Waals surface area contributed by atoms with E-state index in [4.69, 9.17) is 10.5 Å². The summed E-state index contributed by atoms with van der Waals surface area (Å²) in [5, 5.41) is 0. The Morgan fingerprint density at radius 1 is 1.25 bits per heavy atom. The van der Waals surface area contributed by atoms with E-state index in [1.165, 1.54) is 19.4 Å². The highest BCUT2D eigenvalue weighted by molar-refractivity contribution is 5.05. The van der Waals surface area contributed by atoms with Crippen LogP contribution in [0.3, 0.4) is 0 Å². The van der Waals surface area contributed by atoms with Gasteiger partial charge in [0.25, 0.3) is 0 Å². The summed E-state index contributed by atoms with van der Waals surface area (Å²) in [5.41, 5.74) is 5.86. The second-order valence-corrected chi connectivity index (χ2v) is 5.32. The van der Waals surface area contributed by atoms with E-state index in [0.29, 0.717) is 12.0 Å². The highest BCUT2D eigenvalue weighted by Crippen LogP contribution is 2.20. The Balaban J connectivity index is 1.67. The van der Waals surface area contributed by atoms with E-state index >= 15 is 0 Å². The van der Waals surface area contributed by atoms with Crippen molar-refractivity contribution < 1.29 is 4.74 Å². The molecule has 2 N–H and O–H groups in total. The molecule has 0 amide bonds. The van der Waals surface area contributed by atoms with E-state index in [2.05, 4.69) is 24.1 Å². The van der Waals surface area contributed by atoms with Crippen LogP contribution in [0.15, 0.2) is 12.2 Å². The zero-order chi connectivity index (χ0) is 11.4. The van der Waals surface area contributed by atoms with Crippen LogP contribution < -0.4 is 5.73 Å². The molecule has 0 bridgehead atoms. The predicted molar refractivity (Wildman–Crippen MR) is 66.3 cm³/mol. The lowest BCUT2D eigenvalue weighted by Crippen LogP contribution is -2.33. The first-order valence-electron chi connectivity index (χ1n) is 6.44. The lowest BCUT2D eigenvalue weighted by Gasteiger charge is -2.28. The quantitative estimate of drug-likeness (QED) is 0.730. The largest absolute Gasteiger partial charge is 0.381 e. The van der Waals surface area contributed by atoms with Gasteiger partial charge >= 0.3 is 0 Å². The van der Waals surface area contributed by atoms with Gasteiger partial charge in [0.15, 0.2) is 0 Å².